The summed E-state index contributed by atoms with van der Waals surface area (Å²) in [6.45, 7) is 9.23. The average molecular weight is 313 g/mol. The molecule has 1 rings (SSSR count). The van der Waals surface area contributed by atoms with Gasteiger partial charge >= 0.3 is 0 Å². The third-order valence-corrected chi connectivity index (χ3v) is 4.00. The number of unbranched alkanes of at least 4 members (excludes halogenated alkanes) is 1. The molecule has 0 aliphatic carbocycles. The highest BCUT2D eigenvalue weighted by Gasteiger charge is 2.12. The molecular weight excluding hydrogens is 284 g/mol. The molecule has 3 nitrogen and oxygen atoms in total. The lowest BCUT2D eigenvalue weighted by Crippen LogP contribution is -2.28. The number of benzene rings is 1. The van der Waals surface area contributed by atoms with Crippen molar-refractivity contribution in [3.63, 3.8) is 0 Å². The highest BCUT2D eigenvalue weighted by Crippen LogP contribution is 2.28. The summed E-state index contributed by atoms with van der Waals surface area (Å²) in [5.41, 5.74) is 2.22. The zero-order valence-electron chi connectivity index (χ0n) is 13.5. The van der Waals surface area contributed by atoms with E-state index in [0.29, 0.717) is 6.54 Å². The van der Waals surface area contributed by atoms with Crippen molar-refractivity contribution in [3.8, 4) is 0 Å². The summed E-state index contributed by atoms with van der Waals surface area (Å²) in [6.07, 6.45) is 3.38. The zero-order chi connectivity index (χ0) is 15.7. The number of aliphatic hydroxyl groups excluding tert-OH is 1. The number of aliphatic hydroxyl groups is 1. The number of halogens is 1. The maximum atomic E-state index is 9.22. The fourth-order valence-electron chi connectivity index (χ4n) is 2.37. The van der Waals surface area contributed by atoms with Crippen LogP contribution in [0.5, 0.6) is 0 Å². The van der Waals surface area contributed by atoms with Crippen LogP contribution in [0.4, 0.5) is 5.69 Å². The lowest BCUT2D eigenvalue weighted by Gasteiger charge is -2.25. The summed E-state index contributed by atoms with van der Waals surface area (Å²) in [4.78, 5) is 2.20. The van der Waals surface area contributed by atoms with Crippen molar-refractivity contribution in [1.82, 2.24) is 5.32 Å². The van der Waals surface area contributed by atoms with Crippen LogP contribution in [0.25, 0.3) is 0 Å². The van der Waals surface area contributed by atoms with Gasteiger partial charge in [-0.3, -0.25) is 0 Å². The van der Waals surface area contributed by atoms with E-state index in [1.165, 1.54) is 0 Å². The summed E-state index contributed by atoms with van der Waals surface area (Å²) in [5.74, 6) is 0. The van der Waals surface area contributed by atoms with Crippen molar-refractivity contribution in [3.05, 3.63) is 28.8 Å². The second-order valence-corrected chi connectivity index (χ2v) is 5.85. The van der Waals surface area contributed by atoms with Gasteiger partial charge in [0.1, 0.15) is 0 Å². The smallest absolute Gasteiger partial charge is 0.0606 e. The van der Waals surface area contributed by atoms with E-state index >= 15 is 0 Å². The van der Waals surface area contributed by atoms with Crippen LogP contribution in [0, 0.1) is 0 Å². The van der Waals surface area contributed by atoms with Crippen LogP contribution in [-0.4, -0.2) is 31.3 Å². The van der Waals surface area contributed by atoms with Crippen molar-refractivity contribution in [2.45, 2.75) is 46.1 Å². The summed E-state index contributed by atoms with van der Waals surface area (Å²) in [6, 6.07) is 6.48. The molecule has 0 aromatic heterocycles. The van der Waals surface area contributed by atoms with Gasteiger partial charge in [0.25, 0.3) is 0 Å². The van der Waals surface area contributed by atoms with Gasteiger partial charge in [-0.1, -0.05) is 37.9 Å². The van der Waals surface area contributed by atoms with E-state index in [1.807, 2.05) is 6.07 Å². The first-order valence-electron chi connectivity index (χ1n) is 8.02. The van der Waals surface area contributed by atoms with Crippen molar-refractivity contribution in [2.24, 2.45) is 0 Å². The topological polar surface area (TPSA) is 35.5 Å². The number of hydrogen-bond donors (Lipinski definition) is 2. The molecule has 0 saturated carbocycles. The quantitative estimate of drug-likeness (QED) is 0.685. The average Bonchev–Trinajstić information content (AvgIpc) is 2.48. The largest absolute Gasteiger partial charge is 0.395 e. The number of nitrogens with one attached hydrogen (secondary N) is 1. The van der Waals surface area contributed by atoms with E-state index < -0.39 is 0 Å². The molecule has 0 aliphatic rings. The summed E-state index contributed by atoms with van der Waals surface area (Å²) >= 11 is 6.45. The first-order valence-corrected chi connectivity index (χ1v) is 8.40. The van der Waals surface area contributed by atoms with Crippen LogP contribution >= 0.6 is 11.6 Å². The Balaban J connectivity index is 2.83. The number of hydrogen-bond acceptors (Lipinski definition) is 3. The van der Waals surface area contributed by atoms with Gasteiger partial charge in [-0.05, 0) is 44.0 Å². The normalized spacial score (nSPS) is 12.4. The minimum Gasteiger partial charge on any atom is -0.395 e. The molecule has 1 atom stereocenters. The van der Waals surface area contributed by atoms with Gasteiger partial charge in [0.2, 0.25) is 0 Å². The molecule has 0 heterocycles. The minimum absolute atomic E-state index is 0.164. The standard InChI is InChI=1S/C17H29ClN2O/c1-4-6-10-20(11-12-21)15-7-8-16(17(18)13-15)14(3)19-9-5-2/h7-8,13-14,19,21H,4-6,9-12H2,1-3H3. The second kappa shape index (κ2) is 10.0. The lowest BCUT2D eigenvalue weighted by atomic mass is 10.1. The molecule has 0 fully saturated rings. The number of anilines is 1. The summed E-state index contributed by atoms with van der Waals surface area (Å²) in [5, 5.41) is 13.5. The number of nitrogens with zero attached hydrogens (tertiary/aromatic N) is 1. The van der Waals surface area contributed by atoms with Crippen LogP contribution in [0.2, 0.25) is 5.02 Å². The maximum absolute atomic E-state index is 9.22. The first kappa shape index (κ1) is 18.3. The van der Waals surface area contributed by atoms with Crippen LogP contribution in [0.15, 0.2) is 18.2 Å². The zero-order valence-corrected chi connectivity index (χ0v) is 14.3. The third kappa shape index (κ3) is 5.85. The maximum Gasteiger partial charge on any atom is 0.0606 e. The van der Waals surface area contributed by atoms with Gasteiger partial charge in [0.15, 0.2) is 0 Å². The Morgan fingerprint density at radius 3 is 2.57 bits per heavy atom. The third-order valence-electron chi connectivity index (χ3n) is 3.67. The first-order chi connectivity index (χ1) is 10.1. The van der Waals surface area contributed by atoms with Crippen molar-refractivity contribution >= 4 is 17.3 Å². The summed E-state index contributed by atoms with van der Waals surface area (Å²) in [7, 11) is 0. The molecule has 0 radical (unpaired) electrons. The molecule has 0 aliphatic heterocycles. The molecule has 120 valence electrons. The van der Waals surface area contributed by atoms with Gasteiger partial charge in [-0.15, -0.1) is 0 Å². The van der Waals surface area contributed by atoms with E-state index in [0.717, 1.165) is 48.6 Å². The Morgan fingerprint density at radius 1 is 1.24 bits per heavy atom. The van der Waals surface area contributed by atoms with E-state index in [-0.39, 0.29) is 12.6 Å². The molecule has 4 heteroatoms. The monoisotopic (exact) mass is 312 g/mol. The van der Waals surface area contributed by atoms with Gasteiger partial charge in [0.05, 0.1) is 6.61 Å². The Morgan fingerprint density at radius 2 is 2.00 bits per heavy atom. The van der Waals surface area contributed by atoms with Crippen molar-refractivity contribution in [2.75, 3.05) is 31.1 Å². The molecule has 0 spiro atoms. The van der Waals surface area contributed by atoms with Gasteiger partial charge in [0, 0.05) is 29.8 Å². The Hall–Kier alpha value is -0.770. The molecule has 2 N–H and O–H groups in total. The minimum atomic E-state index is 0.164. The highest BCUT2D eigenvalue weighted by atomic mass is 35.5. The van der Waals surface area contributed by atoms with Crippen LogP contribution < -0.4 is 10.2 Å². The van der Waals surface area contributed by atoms with E-state index in [2.05, 4.69) is 43.1 Å². The molecule has 0 saturated heterocycles. The van der Waals surface area contributed by atoms with Crippen LogP contribution in [-0.2, 0) is 0 Å². The molecule has 21 heavy (non-hydrogen) atoms. The van der Waals surface area contributed by atoms with Gasteiger partial charge in [-0.25, -0.2) is 0 Å². The molecule has 1 aromatic carbocycles. The van der Waals surface area contributed by atoms with Crippen LogP contribution in [0.3, 0.4) is 0 Å². The fraction of sp³-hybridized carbons (Fsp3) is 0.647. The fourth-order valence-corrected chi connectivity index (χ4v) is 2.71. The molecular formula is C17H29ClN2O. The number of rotatable bonds is 10. The Kier molecular flexibility index (Phi) is 8.74. The molecule has 0 bridgehead atoms. The lowest BCUT2D eigenvalue weighted by molar-refractivity contribution is 0.301. The van der Waals surface area contributed by atoms with E-state index in [9.17, 15) is 5.11 Å². The molecule has 1 aromatic rings. The predicted molar refractivity (Wildman–Crippen MR) is 92.4 cm³/mol. The van der Waals surface area contributed by atoms with Gasteiger partial charge < -0.3 is 15.3 Å². The van der Waals surface area contributed by atoms with Crippen molar-refractivity contribution in [1.29, 1.82) is 0 Å². The predicted octanol–water partition coefficient (Wildman–Crippen LogP) is 4.00. The van der Waals surface area contributed by atoms with Gasteiger partial charge in [-0.2, -0.15) is 0 Å². The SMILES string of the molecule is CCCCN(CCO)c1ccc(C(C)NCCC)c(Cl)c1. The van der Waals surface area contributed by atoms with Crippen LogP contribution in [0.1, 0.15) is 51.6 Å². The van der Waals surface area contributed by atoms with E-state index in [1.54, 1.807) is 0 Å². The molecule has 0 amide bonds. The van der Waals surface area contributed by atoms with Crippen molar-refractivity contribution < 1.29 is 5.11 Å². The summed E-state index contributed by atoms with van der Waals surface area (Å²) < 4.78 is 0. The highest BCUT2D eigenvalue weighted by molar-refractivity contribution is 6.31. The Labute approximate surface area is 134 Å². The Bertz CT molecular complexity index is 412. The van der Waals surface area contributed by atoms with E-state index in [4.69, 9.17) is 11.6 Å². The second-order valence-electron chi connectivity index (χ2n) is 5.45. The molecule has 1 unspecified atom stereocenters.